The van der Waals surface area contributed by atoms with Crippen molar-refractivity contribution in [2.45, 2.75) is 13.0 Å². The Labute approximate surface area is 81.9 Å². The van der Waals surface area contributed by atoms with Crippen LogP contribution in [0.1, 0.15) is 18.5 Å². The minimum absolute atomic E-state index is 0.0796. The zero-order valence-corrected chi connectivity index (χ0v) is 7.83. The number of nitrogens with zero attached hydrogens (tertiary/aromatic N) is 1. The number of hydrogen-bond donors (Lipinski definition) is 1. The van der Waals surface area contributed by atoms with Gasteiger partial charge in [0.15, 0.2) is 18.2 Å². The van der Waals surface area contributed by atoms with E-state index in [1.54, 1.807) is 19.1 Å². The fourth-order valence-corrected chi connectivity index (χ4v) is 1.03. The van der Waals surface area contributed by atoms with Gasteiger partial charge in [0.2, 0.25) is 0 Å². The summed E-state index contributed by atoms with van der Waals surface area (Å²) >= 11 is 0. The van der Waals surface area contributed by atoms with Gasteiger partial charge in [-0.3, -0.25) is 0 Å². The molecule has 1 aromatic carbocycles. The summed E-state index contributed by atoms with van der Waals surface area (Å²) in [6, 6.07) is 6.03. The predicted molar refractivity (Wildman–Crippen MR) is 50.1 cm³/mol. The molecule has 1 atom stereocenters. The molecule has 3 nitrogen and oxygen atoms in total. The monoisotopic (exact) mass is 194 g/mol. The van der Waals surface area contributed by atoms with Gasteiger partial charge in [-0.05, 0) is 24.6 Å². The molecule has 0 aromatic heterocycles. The van der Waals surface area contributed by atoms with Crippen LogP contribution in [0, 0.1) is 17.1 Å². The first-order chi connectivity index (χ1) is 6.65. The maximum atomic E-state index is 13.2. The molecule has 0 fully saturated rings. The van der Waals surface area contributed by atoms with Crippen molar-refractivity contribution in [3.63, 3.8) is 0 Å². The predicted octanol–water partition coefficient (Wildman–Crippen LogP) is 1.75. The molecule has 0 saturated heterocycles. The van der Waals surface area contributed by atoms with Crippen LogP contribution in [0.15, 0.2) is 18.2 Å². The van der Waals surface area contributed by atoms with Crippen molar-refractivity contribution in [3.05, 3.63) is 29.6 Å². The van der Waals surface area contributed by atoms with E-state index in [1.807, 2.05) is 0 Å². The van der Waals surface area contributed by atoms with Crippen LogP contribution in [0.25, 0.3) is 0 Å². The van der Waals surface area contributed by atoms with E-state index in [4.69, 9.17) is 15.7 Å². The van der Waals surface area contributed by atoms with Gasteiger partial charge in [0.05, 0.1) is 0 Å². The SMILES string of the molecule is C[C@H](N)c1ccc(OCC#N)c(F)c1. The standard InChI is InChI=1S/C10H11FN2O/c1-7(13)8-2-3-10(9(11)6-8)14-5-4-12/h2-3,6-7H,5,13H2,1H3/t7-/m0/s1. The number of hydrogen-bond acceptors (Lipinski definition) is 3. The Hall–Kier alpha value is -1.60. The summed E-state index contributed by atoms with van der Waals surface area (Å²) in [5, 5.41) is 8.24. The number of benzene rings is 1. The average molecular weight is 194 g/mol. The molecular weight excluding hydrogens is 183 g/mol. The molecule has 1 aromatic rings. The topological polar surface area (TPSA) is 59.0 Å². The van der Waals surface area contributed by atoms with Gasteiger partial charge in [-0.2, -0.15) is 5.26 Å². The van der Waals surface area contributed by atoms with Crippen LogP contribution in [0.4, 0.5) is 4.39 Å². The lowest BCUT2D eigenvalue weighted by atomic mass is 10.1. The molecule has 0 aliphatic heterocycles. The van der Waals surface area contributed by atoms with E-state index in [1.165, 1.54) is 12.1 Å². The molecule has 2 N–H and O–H groups in total. The zero-order valence-electron chi connectivity index (χ0n) is 7.83. The summed E-state index contributed by atoms with van der Waals surface area (Å²) in [6.07, 6.45) is 0. The smallest absolute Gasteiger partial charge is 0.174 e. The Morgan fingerprint density at radius 2 is 2.36 bits per heavy atom. The largest absolute Gasteiger partial charge is 0.476 e. The van der Waals surface area contributed by atoms with Gasteiger partial charge >= 0.3 is 0 Å². The molecule has 1 rings (SSSR count). The first kappa shape index (κ1) is 10.5. The second-order valence-electron chi connectivity index (χ2n) is 2.93. The first-order valence-electron chi connectivity index (χ1n) is 4.20. The van der Waals surface area contributed by atoms with E-state index in [0.29, 0.717) is 5.56 Å². The Kier molecular flexibility index (Phi) is 3.43. The van der Waals surface area contributed by atoms with Crippen LogP contribution < -0.4 is 10.5 Å². The average Bonchev–Trinajstić information content (AvgIpc) is 2.15. The van der Waals surface area contributed by atoms with Gasteiger partial charge in [-0.25, -0.2) is 4.39 Å². The highest BCUT2D eigenvalue weighted by atomic mass is 19.1. The van der Waals surface area contributed by atoms with E-state index >= 15 is 0 Å². The van der Waals surface area contributed by atoms with Crippen molar-refractivity contribution >= 4 is 0 Å². The molecular formula is C10H11FN2O. The summed E-state index contributed by atoms with van der Waals surface area (Å²) in [4.78, 5) is 0. The lowest BCUT2D eigenvalue weighted by molar-refractivity contribution is 0.346. The van der Waals surface area contributed by atoms with E-state index < -0.39 is 5.82 Å². The summed E-state index contributed by atoms with van der Waals surface area (Å²) in [7, 11) is 0. The Morgan fingerprint density at radius 1 is 1.64 bits per heavy atom. The molecule has 0 bridgehead atoms. The summed E-state index contributed by atoms with van der Waals surface area (Å²) in [5.74, 6) is -0.411. The lowest BCUT2D eigenvalue weighted by Gasteiger charge is -2.08. The van der Waals surface area contributed by atoms with Gasteiger partial charge in [0.25, 0.3) is 0 Å². The highest BCUT2D eigenvalue weighted by Crippen LogP contribution is 2.20. The van der Waals surface area contributed by atoms with Crippen LogP contribution >= 0.6 is 0 Å². The fourth-order valence-electron chi connectivity index (χ4n) is 1.03. The van der Waals surface area contributed by atoms with Crippen LogP contribution in [0.2, 0.25) is 0 Å². The van der Waals surface area contributed by atoms with E-state index in [0.717, 1.165) is 0 Å². The summed E-state index contributed by atoms with van der Waals surface area (Å²) in [6.45, 7) is 1.61. The minimum Gasteiger partial charge on any atom is -0.476 e. The third kappa shape index (κ3) is 2.44. The van der Waals surface area contributed by atoms with Crippen molar-refractivity contribution in [1.82, 2.24) is 0 Å². The van der Waals surface area contributed by atoms with Crippen molar-refractivity contribution in [2.75, 3.05) is 6.61 Å². The van der Waals surface area contributed by atoms with E-state index in [-0.39, 0.29) is 18.4 Å². The Morgan fingerprint density at radius 3 is 2.86 bits per heavy atom. The van der Waals surface area contributed by atoms with E-state index in [9.17, 15) is 4.39 Å². The van der Waals surface area contributed by atoms with Crippen LogP contribution in [-0.2, 0) is 0 Å². The van der Waals surface area contributed by atoms with E-state index in [2.05, 4.69) is 0 Å². The third-order valence-corrected chi connectivity index (χ3v) is 1.77. The molecule has 0 saturated carbocycles. The maximum absolute atomic E-state index is 13.2. The minimum atomic E-state index is -0.491. The second-order valence-corrected chi connectivity index (χ2v) is 2.93. The number of rotatable bonds is 3. The zero-order chi connectivity index (χ0) is 10.6. The molecule has 0 spiro atoms. The molecule has 14 heavy (non-hydrogen) atoms. The van der Waals surface area contributed by atoms with Crippen molar-refractivity contribution < 1.29 is 9.13 Å². The number of halogens is 1. The van der Waals surface area contributed by atoms with Gasteiger partial charge in [0.1, 0.15) is 6.07 Å². The second kappa shape index (κ2) is 4.58. The van der Waals surface area contributed by atoms with Gasteiger partial charge in [0, 0.05) is 6.04 Å². The van der Waals surface area contributed by atoms with Gasteiger partial charge in [-0.1, -0.05) is 6.07 Å². The Bertz CT molecular complexity index is 358. The maximum Gasteiger partial charge on any atom is 0.174 e. The lowest BCUT2D eigenvalue weighted by Crippen LogP contribution is -2.06. The van der Waals surface area contributed by atoms with Crippen LogP contribution in [-0.4, -0.2) is 6.61 Å². The molecule has 0 amide bonds. The molecule has 0 aliphatic carbocycles. The molecule has 4 heteroatoms. The fraction of sp³-hybridized carbons (Fsp3) is 0.300. The first-order valence-corrected chi connectivity index (χ1v) is 4.20. The highest BCUT2D eigenvalue weighted by molar-refractivity contribution is 5.30. The Balaban J connectivity index is 2.85. The summed E-state index contributed by atoms with van der Waals surface area (Å²) in [5.41, 5.74) is 6.27. The molecule has 74 valence electrons. The normalized spacial score (nSPS) is 11.9. The van der Waals surface area contributed by atoms with Crippen molar-refractivity contribution in [2.24, 2.45) is 5.73 Å². The van der Waals surface area contributed by atoms with Crippen molar-refractivity contribution in [1.29, 1.82) is 5.26 Å². The van der Waals surface area contributed by atoms with Crippen LogP contribution in [0.5, 0.6) is 5.75 Å². The van der Waals surface area contributed by atoms with Gasteiger partial charge in [-0.15, -0.1) is 0 Å². The van der Waals surface area contributed by atoms with Gasteiger partial charge < -0.3 is 10.5 Å². The third-order valence-electron chi connectivity index (χ3n) is 1.77. The van der Waals surface area contributed by atoms with Crippen molar-refractivity contribution in [3.8, 4) is 11.8 Å². The highest BCUT2D eigenvalue weighted by Gasteiger charge is 2.06. The number of nitrogens with two attached hydrogens (primary N) is 1. The molecule has 0 unspecified atom stereocenters. The van der Waals surface area contributed by atoms with Crippen LogP contribution in [0.3, 0.4) is 0 Å². The summed E-state index contributed by atoms with van der Waals surface area (Å²) < 4.78 is 18.1. The quantitative estimate of drug-likeness (QED) is 0.797. The molecule has 0 radical (unpaired) electrons. The number of ether oxygens (including phenoxy) is 1. The molecule has 0 heterocycles. The molecule has 0 aliphatic rings. The number of nitriles is 1.